The zero-order chi connectivity index (χ0) is 12.7. The number of carbonyl (C=O) groups excluding carboxylic acids is 2. The third-order valence-corrected chi connectivity index (χ3v) is 2.18. The van der Waals surface area contributed by atoms with Crippen LogP contribution in [0, 0.1) is 0 Å². The van der Waals surface area contributed by atoms with E-state index in [4.69, 9.17) is 4.42 Å². The number of hydrogen-bond donors (Lipinski definition) is 2. The molecule has 0 unspecified atom stereocenters. The van der Waals surface area contributed by atoms with Crippen LogP contribution < -0.4 is 10.6 Å². The molecule has 1 aromatic rings. The normalized spacial score (nSPS) is 10.0. The minimum Gasteiger partial charge on any atom is -0.467 e. The summed E-state index contributed by atoms with van der Waals surface area (Å²) in [7, 11) is 2.91. The molecule has 1 aromatic heterocycles. The molecule has 6 nitrogen and oxygen atoms in total. The van der Waals surface area contributed by atoms with Gasteiger partial charge in [-0.05, 0) is 6.07 Å². The van der Waals surface area contributed by atoms with Gasteiger partial charge < -0.3 is 19.8 Å². The van der Waals surface area contributed by atoms with Crippen molar-refractivity contribution in [2.45, 2.75) is 13.0 Å². The summed E-state index contributed by atoms with van der Waals surface area (Å²) in [4.78, 5) is 22.0. The Bertz CT molecular complexity index is 387. The Morgan fingerprint density at radius 3 is 2.88 bits per heavy atom. The number of hydrogen-bond acceptors (Lipinski definition) is 5. The van der Waals surface area contributed by atoms with E-state index in [1.54, 1.807) is 13.1 Å². The van der Waals surface area contributed by atoms with E-state index >= 15 is 0 Å². The number of carbonyl (C=O) groups is 2. The topological polar surface area (TPSA) is 80.6 Å². The Hall–Kier alpha value is -1.82. The van der Waals surface area contributed by atoms with Crippen LogP contribution in [0.1, 0.15) is 22.5 Å². The summed E-state index contributed by atoms with van der Waals surface area (Å²) in [6.45, 7) is 1.02. The molecule has 2 N–H and O–H groups in total. The molecule has 17 heavy (non-hydrogen) atoms. The monoisotopic (exact) mass is 240 g/mol. The molecule has 0 atom stereocenters. The molecule has 1 amide bonds. The highest BCUT2D eigenvalue weighted by Crippen LogP contribution is 2.08. The molecule has 0 bridgehead atoms. The van der Waals surface area contributed by atoms with E-state index in [0.29, 0.717) is 30.8 Å². The number of methoxy groups -OCH3 is 1. The van der Waals surface area contributed by atoms with Crippen molar-refractivity contribution < 1.29 is 18.7 Å². The van der Waals surface area contributed by atoms with E-state index in [1.807, 2.05) is 0 Å². The van der Waals surface area contributed by atoms with Gasteiger partial charge in [0.05, 0.1) is 19.2 Å². The highest BCUT2D eigenvalue weighted by Gasteiger charge is 2.09. The minimum absolute atomic E-state index is 0.0211. The van der Waals surface area contributed by atoms with Crippen molar-refractivity contribution in [1.29, 1.82) is 0 Å². The van der Waals surface area contributed by atoms with E-state index in [9.17, 15) is 9.59 Å². The fourth-order valence-electron chi connectivity index (χ4n) is 1.24. The van der Waals surface area contributed by atoms with E-state index in [1.165, 1.54) is 13.4 Å². The fraction of sp³-hybridized carbons (Fsp3) is 0.455. The van der Waals surface area contributed by atoms with Crippen LogP contribution in [-0.2, 0) is 16.1 Å². The second kappa shape index (κ2) is 6.70. The molecule has 1 heterocycles. The lowest BCUT2D eigenvalue weighted by Gasteiger charge is -2.01. The van der Waals surface area contributed by atoms with Gasteiger partial charge in [0.2, 0.25) is 5.91 Å². The smallest absolute Gasteiger partial charge is 0.341 e. The average Bonchev–Trinajstić information content (AvgIpc) is 2.82. The van der Waals surface area contributed by atoms with Crippen LogP contribution >= 0.6 is 0 Å². The maximum atomic E-state index is 11.1. The zero-order valence-corrected chi connectivity index (χ0v) is 9.91. The lowest BCUT2D eigenvalue weighted by molar-refractivity contribution is -0.120. The average molecular weight is 240 g/mol. The summed E-state index contributed by atoms with van der Waals surface area (Å²) in [5.74, 6) is 0.180. The number of nitrogens with one attached hydrogen (secondary N) is 2. The summed E-state index contributed by atoms with van der Waals surface area (Å²) in [5, 5.41) is 5.56. The van der Waals surface area contributed by atoms with E-state index < -0.39 is 5.97 Å². The molecule has 0 saturated carbocycles. The third kappa shape index (κ3) is 4.28. The third-order valence-electron chi connectivity index (χ3n) is 2.18. The highest BCUT2D eigenvalue weighted by atomic mass is 16.5. The lowest BCUT2D eigenvalue weighted by atomic mass is 10.3. The molecule has 6 heteroatoms. The quantitative estimate of drug-likeness (QED) is 0.552. The first-order chi connectivity index (χ1) is 8.17. The highest BCUT2D eigenvalue weighted by molar-refractivity contribution is 5.88. The Labute approximate surface area is 99.3 Å². The summed E-state index contributed by atoms with van der Waals surface area (Å²) >= 11 is 0. The SMILES string of the molecule is CNC(=O)CCNCc1cc(C(=O)OC)co1. The molecule has 0 fully saturated rings. The Kier molecular flexibility index (Phi) is 5.22. The molecule has 0 aliphatic carbocycles. The van der Waals surface area contributed by atoms with Gasteiger partial charge in [0, 0.05) is 20.0 Å². The van der Waals surface area contributed by atoms with Crippen LogP contribution in [0.15, 0.2) is 16.7 Å². The fourth-order valence-corrected chi connectivity index (χ4v) is 1.24. The first-order valence-corrected chi connectivity index (χ1v) is 5.24. The second-order valence-corrected chi connectivity index (χ2v) is 3.39. The first-order valence-electron chi connectivity index (χ1n) is 5.24. The molecular weight excluding hydrogens is 224 g/mol. The molecule has 0 aliphatic heterocycles. The number of furan rings is 1. The van der Waals surface area contributed by atoms with Crippen molar-refractivity contribution >= 4 is 11.9 Å². The van der Waals surface area contributed by atoms with E-state index in [2.05, 4.69) is 15.4 Å². The Morgan fingerprint density at radius 1 is 1.47 bits per heavy atom. The predicted octanol–water partition coefficient (Wildman–Crippen LogP) is 0.292. The summed E-state index contributed by atoms with van der Waals surface area (Å²) < 4.78 is 9.71. The van der Waals surface area contributed by atoms with E-state index in [0.717, 1.165) is 0 Å². The Balaban J connectivity index is 2.30. The summed E-state index contributed by atoms with van der Waals surface area (Å²) in [6.07, 6.45) is 1.75. The van der Waals surface area contributed by atoms with Gasteiger partial charge in [0.25, 0.3) is 0 Å². The predicted molar refractivity (Wildman–Crippen MR) is 60.4 cm³/mol. The van der Waals surface area contributed by atoms with Gasteiger partial charge in [-0.1, -0.05) is 0 Å². The van der Waals surface area contributed by atoms with Gasteiger partial charge in [-0.3, -0.25) is 4.79 Å². The van der Waals surface area contributed by atoms with Gasteiger partial charge in [-0.2, -0.15) is 0 Å². The number of esters is 1. The van der Waals surface area contributed by atoms with Crippen molar-refractivity contribution in [3.63, 3.8) is 0 Å². The van der Waals surface area contributed by atoms with E-state index in [-0.39, 0.29) is 5.91 Å². The molecular formula is C11H16N2O4. The number of ether oxygens (including phenoxy) is 1. The zero-order valence-electron chi connectivity index (χ0n) is 9.91. The molecule has 0 radical (unpaired) electrons. The molecule has 94 valence electrons. The summed E-state index contributed by atoms with van der Waals surface area (Å²) in [6, 6.07) is 1.61. The Morgan fingerprint density at radius 2 is 2.24 bits per heavy atom. The first kappa shape index (κ1) is 13.2. The van der Waals surface area contributed by atoms with Gasteiger partial charge in [-0.25, -0.2) is 4.79 Å². The molecule has 0 saturated heterocycles. The molecule has 1 rings (SSSR count). The minimum atomic E-state index is -0.426. The molecule has 0 aliphatic rings. The lowest BCUT2D eigenvalue weighted by Crippen LogP contribution is -2.24. The van der Waals surface area contributed by atoms with Crippen molar-refractivity contribution in [2.24, 2.45) is 0 Å². The molecule has 0 spiro atoms. The van der Waals surface area contributed by atoms with Crippen LogP contribution in [0.5, 0.6) is 0 Å². The second-order valence-electron chi connectivity index (χ2n) is 3.39. The van der Waals surface area contributed by atoms with Crippen molar-refractivity contribution in [3.8, 4) is 0 Å². The van der Waals surface area contributed by atoms with Gasteiger partial charge in [0.15, 0.2) is 0 Å². The van der Waals surface area contributed by atoms with Crippen molar-refractivity contribution in [2.75, 3.05) is 20.7 Å². The number of rotatable bonds is 6. The van der Waals surface area contributed by atoms with Crippen molar-refractivity contribution in [3.05, 3.63) is 23.7 Å². The standard InChI is InChI=1S/C11H16N2O4/c1-12-10(14)3-4-13-6-9-5-8(7-17-9)11(15)16-2/h5,7,13H,3-4,6H2,1-2H3,(H,12,14). The van der Waals surface area contributed by atoms with Crippen LogP contribution in [0.3, 0.4) is 0 Å². The van der Waals surface area contributed by atoms with Gasteiger partial charge in [0.1, 0.15) is 12.0 Å². The van der Waals surface area contributed by atoms with Crippen LogP contribution in [-0.4, -0.2) is 32.6 Å². The summed E-state index contributed by atoms with van der Waals surface area (Å²) in [5.41, 5.74) is 0.385. The number of amides is 1. The van der Waals surface area contributed by atoms with Crippen LogP contribution in [0.4, 0.5) is 0 Å². The maximum absolute atomic E-state index is 11.1. The largest absolute Gasteiger partial charge is 0.467 e. The van der Waals surface area contributed by atoms with Crippen LogP contribution in [0.25, 0.3) is 0 Å². The van der Waals surface area contributed by atoms with Gasteiger partial charge in [-0.15, -0.1) is 0 Å². The molecule has 0 aromatic carbocycles. The maximum Gasteiger partial charge on any atom is 0.341 e. The van der Waals surface area contributed by atoms with Crippen molar-refractivity contribution in [1.82, 2.24) is 10.6 Å². The van der Waals surface area contributed by atoms with Crippen LogP contribution in [0.2, 0.25) is 0 Å². The van der Waals surface area contributed by atoms with Gasteiger partial charge >= 0.3 is 5.97 Å².